The molecule has 1 unspecified atom stereocenters. The fourth-order valence-electron chi connectivity index (χ4n) is 2.55. The molecule has 2 N–H and O–H groups in total. The molecular formula is C19H16ClN3O5. The van der Waals surface area contributed by atoms with Crippen molar-refractivity contribution in [1.82, 2.24) is 9.78 Å². The summed E-state index contributed by atoms with van der Waals surface area (Å²) in [6, 6.07) is 12.7. The highest BCUT2D eigenvalue weighted by molar-refractivity contribution is 6.30. The number of nitrogens with zero attached hydrogens (tertiary/aromatic N) is 1. The second kappa shape index (κ2) is 8.10. The third-order valence-corrected chi connectivity index (χ3v) is 4.21. The molecule has 0 spiro atoms. The van der Waals surface area contributed by atoms with Crippen LogP contribution in [-0.4, -0.2) is 27.8 Å². The van der Waals surface area contributed by atoms with Gasteiger partial charge in [0.05, 0.1) is 10.8 Å². The van der Waals surface area contributed by atoms with Gasteiger partial charge in [0.15, 0.2) is 6.10 Å². The molecule has 0 saturated heterocycles. The van der Waals surface area contributed by atoms with E-state index in [1.54, 1.807) is 36.4 Å². The van der Waals surface area contributed by atoms with Crippen LogP contribution >= 0.6 is 11.6 Å². The van der Waals surface area contributed by atoms with E-state index < -0.39 is 35.6 Å². The lowest BCUT2D eigenvalue weighted by atomic mass is 10.2. The van der Waals surface area contributed by atoms with Crippen LogP contribution in [-0.2, 0) is 20.9 Å². The van der Waals surface area contributed by atoms with Crippen molar-refractivity contribution in [3.8, 4) is 0 Å². The van der Waals surface area contributed by atoms with Crippen molar-refractivity contribution in [3.63, 3.8) is 0 Å². The quantitative estimate of drug-likeness (QED) is 0.634. The minimum atomic E-state index is -1.11. The molecule has 3 rings (SSSR count). The first-order valence-electron chi connectivity index (χ1n) is 8.33. The first-order chi connectivity index (χ1) is 13.3. The van der Waals surface area contributed by atoms with Crippen molar-refractivity contribution in [1.29, 1.82) is 0 Å². The van der Waals surface area contributed by atoms with Gasteiger partial charge in [-0.05, 0) is 43.3 Å². The first kappa shape index (κ1) is 19.4. The Kier molecular flexibility index (Phi) is 5.60. The molecule has 0 aliphatic heterocycles. The molecule has 0 saturated carbocycles. The number of hydrogen-bond acceptors (Lipinski definition) is 5. The Hall–Kier alpha value is -3.39. The summed E-state index contributed by atoms with van der Waals surface area (Å²) < 4.78 is 5.92. The van der Waals surface area contributed by atoms with Crippen LogP contribution < -0.4 is 16.4 Å². The number of fused-ring (bicyclic) bond motifs is 1. The van der Waals surface area contributed by atoms with E-state index in [0.717, 1.165) is 4.68 Å². The van der Waals surface area contributed by atoms with Crippen molar-refractivity contribution < 1.29 is 14.3 Å². The molecule has 0 aliphatic carbocycles. The van der Waals surface area contributed by atoms with Crippen LogP contribution in [0.2, 0.25) is 5.02 Å². The van der Waals surface area contributed by atoms with Crippen molar-refractivity contribution in [2.75, 3.05) is 5.32 Å². The van der Waals surface area contributed by atoms with E-state index in [0.29, 0.717) is 10.7 Å². The highest BCUT2D eigenvalue weighted by Gasteiger charge is 2.19. The van der Waals surface area contributed by atoms with Crippen molar-refractivity contribution in [2.24, 2.45) is 0 Å². The summed E-state index contributed by atoms with van der Waals surface area (Å²) in [5, 5.41) is 5.85. The molecule has 9 heteroatoms. The van der Waals surface area contributed by atoms with Crippen molar-refractivity contribution >= 4 is 39.9 Å². The van der Waals surface area contributed by atoms with Crippen LogP contribution in [0.5, 0.6) is 0 Å². The third-order valence-electron chi connectivity index (χ3n) is 3.96. The lowest BCUT2D eigenvalue weighted by Gasteiger charge is -2.14. The summed E-state index contributed by atoms with van der Waals surface area (Å²) >= 11 is 5.78. The number of carbonyl (C=O) groups excluding carboxylic acids is 2. The van der Waals surface area contributed by atoms with Gasteiger partial charge in [0.2, 0.25) is 0 Å². The van der Waals surface area contributed by atoms with Gasteiger partial charge in [0, 0.05) is 10.7 Å². The molecule has 0 bridgehead atoms. The summed E-state index contributed by atoms with van der Waals surface area (Å²) in [5.41, 5.74) is -0.547. The average molecular weight is 402 g/mol. The van der Waals surface area contributed by atoms with E-state index in [1.165, 1.54) is 19.1 Å². The maximum Gasteiger partial charge on any atom is 0.328 e. The number of halogens is 1. The predicted octanol–water partition coefficient (Wildman–Crippen LogP) is 1.91. The number of hydrogen-bond donors (Lipinski definition) is 2. The molecule has 1 atom stereocenters. The fraction of sp³-hybridized carbons (Fsp3) is 0.158. The van der Waals surface area contributed by atoms with Gasteiger partial charge in [-0.3, -0.25) is 24.3 Å². The van der Waals surface area contributed by atoms with E-state index in [2.05, 4.69) is 10.4 Å². The van der Waals surface area contributed by atoms with Crippen LogP contribution in [0, 0.1) is 0 Å². The second-order valence-corrected chi connectivity index (χ2v) is 6.44. The highest BCUT2D eigenvalue weighted by Crippen LogP contribution is 2.14. The number of benzene rings is 2. The van der Waals surface area contributed by atoms with Crippen molar-refractivity contribution in [2.45, 2.75) is 19.6 Å². The molecule has 144 valence electrons. The van der Waals surface area contributed by atoms with Crippen LogP contribution in [0.1, 0.15) is 6.92 Å². The molecule has 0 fully saturated rings. The Bertz CT molecular complexity index is 1150. The number of nitrogens with one attached hydrogen (secondary N) is 2. The Morgan fingerprint density at radius 1 is 1.11 bits per heavy atom. The largest absolute Gasteiger partial charge is 0.451 e. The average Bonchev–Trinajstić information content (AvgIpc) is 2.67. The molecule has 8 nitrogen and oxygen atoms in total. The molecule has 3 aromatic rings. The predicted molar refractivity (Wildman–Crippen MR) is 104 cm³/mol. The van der Waals surface area contributed by atoms with E-state index in [-0.39, 0.29) is 10.8 Å². The lowest BCUT2D eigenvalue weighted by Crippen LogP contribution is -2.35. The van der Waals surface area contributed by atoms with Gasteiger partial charge in [-0.25, -0.2) is 4.68 Å². The topological polar surface area (TPSA) is 110 Å². The molecule has 0 aliphatic rings. The molecule has 2 aromatic carbocycles. The molecular weight excluding hydrogens is 386 g/mol. The molecule has 1 amide bonds. The van der Waals surface area contributed by atoms with Gasteiger partial charge in [-0.1, -0.05) is 23.7 Å². The lowest BCUT2D eigenvalue weighted by molar-refractivity contribution is -0.154. The van der Waals surface area contributed by atoms with E-state index >= 15 is 0 Å². The Morgan fingerprint density at radius 3 is 2.43 bits per heavy atom. The number of H-pyrrole nitrogens is 1. The summed E-state index contributed by atoms with van der Waals surface area (Å²) in [4.78, 5) is 48.7. The number of ether oxygens (including phenoxy) is 1. The maximum atomic E-state index is 12.4. The van der Waals surface area contributed by atoms with Crippen LogP contribution in [0.25, 0.3) is 10.8 Å². The van der Waals surface area contributed by atoms with Crippen LogP contribution in [0.3, 0.4) is 0 Å². The molecule has 1 heterocycles. The van der Waals surface area contributed by atoms with Gasteiger partial charge < -0.3 is 10.1 Å². The first-order valence-corrected chi connectivity index (χ1v) is 8.71. The number of esters is 1. The number of amides is 1. The molecule has 0 radical (unpaired) electrons. The number of carbonyl (C=O) groups is 2. The van der Waals surface area contributed by atoms with E-state index in [9.17, 15) is 19.2 Å². The van der Waals surface area contributed by atoms with Gasteiger partial charge in [0.1, 0.15) is 6.54 Å². The minimum absolute atomic E-state index is 0.188. The van der Waals surface area contributed by atoms with E-state index in [4.69, 9.17) is 16.3 Å². The third kappa shape index (κ3) is 4.29. The number of aromatic nitrogens is 2. The van der Waals surface area contributed by atoms with Gasteiger partial charge >= 0.3 is 5.97 Å². The number of rotatable bonds is 5. The fourth-order valence-corrected chi connectivity index (χ4v) is 2.68. The normalized spacial score (nSPS) is 11.8. The summed E-state index contributed by atoms with van der Waals surface area (Å²) in [7, 11) is 0. The zero-order valence-electron chi connectivity index (χ0n) is 14.8. The van der Waals surface area contributed by atoms with Gasteiger partial charge in [0.25, 0.3) is 17.0 Å². The Labute approximate surface area is 163 Å². The standard InChI is InChI=1S/C19H16ClN3O5/c1-11(17(25)21-13-8-6-12(20)7-9-13)28-16(24)10-23-19(27)15-5-3-2-4-14(15)18(26)22-23/h2-9,11H,10H2,1H3,(H,21,25)(H,22,26). The molecule has 28 heavy (non-hydrogen) atoms. The number of aromatic amines is 1. The monoisotopic (exact) mass is 401 g/mol. The molecule has 1 aromatic heterocycles. The van der Waals surface area contributed by atoms with Crippen LogP contribution in [0.4, 0.5) is 5.69 Å². The zero-order valence-corrected chi connectivity index (χ0v) is 15.5. The Morgan fingerprint density at radius 2 is 1.75 bits per heavy atom. The van der Waals surface area contributed by atoms with Gasteiger partial charge in [-0.15, -0.1) is 0 Å². The van der Waals surface area contributed by atoms with E-state index in [1.807, 2.05) is 0 Å². The van der Waals surface area contributed by atoms with Crippen LogP contribution in [0.15, 0.2) is 58.1 Å². The summed E-state index contributed by atoms with van der Waals surface area (Å²) in [6.07, 6.45) is -1.11. The highest BCUT2D eigenvalue weighted by atomic mass is 35.5. The van der Waals surface area contributed by atoms with Crippen molar-refractivity contribution in [3.05, 3.63) is 74.3 Å². The second-order valence-electron chi connectivity index (χ2n) is 6.01. The zero-order chi connectivity index (χ0) is 20.3. The van der Waals surface area contributed by atoms with Gasteiger partial charge in [-0.2, -0.15) is 0 Å². The SMILES string of the molecule is CC(OC(=O)Cn1[nH]c(=O)c2ccccc2c1=O)C(=O)Nc1ccc(Cl)cc1. The number of anilines is 1. The smallest absolute Gasteiger partial charge is 0.328 e. The minimum Gasteiger partial charge on any atom is -0.451 e. The summed E-state index contributed by atoms with van der Waals surface area (Å²) in [5.74, 6) is -1.39. The summed E-state index contributed by atoms with van der Waals surface area (Å²) in [6.45, 7) is 0.868. The maximum absolute atomic E-state index is 12.4. The Balaban J connectivity index is 1.68.